The Morgan fingerprint density at radius 1 is 1.25 bits per heavy atom. The van der Waals surface area contributed by atoms with Crippen molar-refractivity contribution in [3.63, 3.8) is 0 Å². The Morgan fingerprint density at radius 2 is 2.06 bits per heavy atom. The molecule has 0 aromatic heterocycles. The smallest absolute Gasteiger partial charge is 0.0221 e. The van der Waals surface area contributed by atoms with Gasteiger partial charge in [0.1, 0.15) is 0 Å². The summed E-state index contributed by atoms with van der Waals surface area (Å²) in [5, 5.41) is 3.62. The molecule has 2 aliphatic rings. The highest BCUT2D eigenvalue weighted by molar-refractivity contribution is 4.89. The molecule has 2 heteroatoms. The van der Waals surface area contributed by atoms with E-state index in [2.05, 4.69) is 31.0 Å². The SMILES string of the molecule is CCC1CNC(C)CN1C1CCCC(C)C1. The molecule has 1 heterocycles. The maximum absolute atomic E-state index is 3.62. The summed E-state index contributed by atoms with van der Waals surface area (Å²) < 4.78 is 0. The van der Waals surface area contributed by atoms with Gasteiger partial charge in [-0.1, -0.05) is 26.7 Å². The summed E-state index contributed by atoms with van der Waals surface area (Å²) in [6.45, 7) is 9.55. The van der Waals surface area contributed by atoms with Gasteiger partial charge in [-0.2, -0.15) is 0 Å². The van der Waals surface area contributed by atoms with Crippen LogP contribution in [0.5, 0.6) is 0 Å². The molecule has 4 atom stereocenters. The lowest BCUT2D eigenvalue weighted by Crippen LogP contribution is -2.59. The summed E-state index contributed by atoms with van der Waals surface area (Å²) in [4.78, 5) is 2.82. The van der Waals surface area contributed by atoms with E-state index in [4.69, 9.17) is 0 Å². The van der Waals surface area contributed by atoms with Crippen LogP contribution in [-0.4, -0.2) is 36.1 Å². The van der Waals surface area contributed by atoms with Gasteiger partial charge in [0, 0.05) is 31.2 Å². The predicted molar refractivity (Wildman–Crippen MR) is 69.7 cm³/mol. The third-order valence-corrected chi connectivity index (χ3v) is 4.50. The summed E-state index contributed by atoms with van der Waals surface area (Å²) in [6.07, 6.45) is 7.07. The van der Waals surface area contributed by atoms with Gasteiger partial charge in [0.25, 0.3) is 0 Å². The standard InChI is InChI=1S/C14H28N2/c1-4-13-9-15-12(3)10-16(13)14-7-5-6-11(2)8-14/h11-15H,4-10H2,1-3H3. The molecule has 1 N–H and O–H groups in total. The third kappa shape index (κ3) is 2.78. The Hall–Kier alpha value is -0.0800. The molecule has 1 aliphatic carbocycles. The van der Waals surface area contributed by atoms with E-state index in [1.165, 1.54) is 45.2 Å². The van der Waals surface area contributed by atoms with E-state index >= 15 is 0 Å². The molecule has 94 valence electrons. The highest BCUT2D eigenvalue weighted by atomic mass is 15.3. The van der Waals surface area contributed by atoms with E-state index in [1.54, 1.807) is 0 Å². The lowest BCUT2D eigenvalue weighted by molar-refractivity contribution is 0.0523. The largest absolute Gasteiger partial charge is 0.311 e. The first-order valence-corrected chi connectivity index (χ1v) is 7.19. The number of piperazine rings is 1. The molecule has 0 radical (unpaired) electrons. The fourth-order valence-corrected chi connectivity index (χ4v) is 3.51. The molecule has 2 rings (SSSR count). The van der Waals surface area contributed by atoms with Gasteiger partial charge in [0.05, 0.1) is 0 Å². The first-order chi connectivity index (χ1) is 7.70. The van der Waals surface area contributed by atoms with Crippen LogP contribution in [0.1, 0.15) is 52.9 Å². The molecular weight excluding hydrogens is 196 g/mol. The van der Waals surface area contributed by atoms with Crippen LogP contribution in [0, 0.1) is 5.92 Å². The molecular formula is C14H28N2. The maximum atomic E-state index is 3.62. The Bertz CT molecular complexity index is 217. The van der Waals surface area contributed by atoms with Crippen molar-refractivity contribution >= 4 is 0 Å². The van der Waals surface area contributed by atoms with Crippen molar-refractivity contribution in [1.29, 1.82) is 0 Å². The zero-order valence-electron chi connectivity index (χ0n) is 11.2. The quantitative estimate of drug-likeness (QED) is 0.776. The van der Waals surface area contributed by atoms with Crippen LogP contribution in [0.3, 0.4) is 0 Å². The maximum Gasteiger partial charge on any atom is 0.0221 e. The van der Waals surface area contributed by atoms with Crippen LogP contribution < -0.4 is 5.32 Å². The second-order valence-corrected chi connectivity index (χ2v) is 5.99. The van der Waals surface area contributed by atoms with Crippen LogP contribution in [0.2, 0.25) is 0 Å². The zero-order chi connectivity index (χ0) is 11.5. The monoisotopic (exact) mass is 224 g/mol. The molecule has 1 saturated carbocycles. The van der Waals surface area contributed by atoms with E-state index in [0.717, 1.165) is 18.0 Å². The molecule has 2 fully saturated rings. The second-order valence-electron chi connectivity index (χ2n) is 5.99. The fourth-order valence-electron chi connectivity index (χ4n) is 3.51. The molecule has 0 spiro atoms. The number of hydrogen-bond acceptors (Lipinski definition) is 2. The normalized spacial score (nSPS) is 42.2. The summed E-state index contributed by atoms with van der Waals surface area (Å²) in [5.74, 6) is 0.946. The van der Waals surface area contributed by atoms with Crippen LogP contribution in [0.15, 0.2) is 0 Å². The van der Waals surface area contributed by atoms with Gasteiger partial charge >= 0.3 is 0 Å². The minimum Gasteiger partial charge on any atom is -0.311 e. The van der Waals surface area contributed by atoms with Crippen LogP contribution in [0.25, 0.3) is 0 Å². The minimum absolute atomic E-state index is 0.681. The number of hydrogen-bond donors (Lipinski definition) is 1. The topological polar surface area (TPSA) is 15.3 Å². The van der Waals surface area contributed by atoms with Crippen molar-refractivity contribution < 1.29 is 0 Å². The minimum atomic E-state index is 0.681. The van der Waals surface area contributed by atoms with Crippen LogP contribution in [-0.2, 0) is 0 Å². The molecule has 1 aliphatic heterocycles. The van der Waals surface area contributed by atoms with Crippen LogP contribution >= 0.6 is 0 Å². The molecule has 16 heavy (non-hydrogen) atoms. The van der Waals surface area contributed by atoms with E-state index in [1.807, 2.05) is 0 Å². The van der Waals surface area contributed by atoms with E-state index in [-0.39, 0.29) is 0 Å². The summed E-state index contributed by atoms with van der Waals surface area (Å²) in [6, 6.07) is 2.34. The number of nitrogens with one attached hydrogen (secondary N) is 1. The molecule has 4 unspecified atom stereocenters. The molecule has 1 saturated heterocycles. The Balaban J connectivity index is 1.98. The van der Waals surface area contributed by atoms with Crippen molar-refractivity contribution in [1.82, 2.24) is 10.2 Å². The molecule has 0 bridgehead atoms. The molecule has 0 aromatic carbocycles. The van der Waals surface area contributed by atoms with Gasteiger partial charge in [0.15, 0.2) is 0 Å². The van der Waals surface area contributed by atoms with Crippen molar-refractivity contribution in [2.75, 3.05) is 13.1 Å². The fraction of sp³-hybridized carbons (Fsp3) is 1.00. The van der Waals surface area contributed by atoms with Crippen molar-refractivity contribution in [3.8, 4) is 0 Å². The lowest BCUT2D eigenvalue weighted by atomic mass is 9.85. The average Bonchev–Trinajstić information content (AvgIpc) is 2.29. The summed E-state index contributed by atoms with van der Waals surface area (Å²) in [5.41, 5.74) is 0. The Kier molecular flexibility index (Phi) is 4.26. The second kappa shape index (κ2) is 5.50. The van der Waals surface area contributed by atoms with E-state index < -0.39 is 0 Å². The predicted octanol–water partition coefficient (Wildman–Crippen LogP) is 2.64. The molecule has 2 nitrogen and oxygen atoms in total. The summed E-state index contributed by atoms with van der Waals surface area (Å²) >= 11 is 0. The zero-order valence-corrected chi connectivity index (χ0v) is 11.2. The number of nitrogens with zero attached hydrogens (tertiary/aromatic N) is 1. The van der Waals surface area contributed by atoms with E-state index in [0.29, 0.717) is 6.04 Å². The first kappa shape index (κ1) is 12.4. The Labute approximate surface area is 101 Å². The van der Waals surface area contributed by atoms with Gasteiger partial charge in [0.2, 0.25) is 0 Å². The number of rotatable bonds is 2. The highest BCUT2D eigenvalue weighted by Crippen LogP contribution is 2.29. The van der Waals surface area contributed by atoms with Crippen molar-refractivity contribution in [3.05, 3.63) is 0 Å². The summed E-state index contributed by atoms with van der Waals surface area (Å²) in [7, 11) is 0. The molecule has 0 aromatic rings. The van der Waals surface area contributed by atoms with Crippen molar-refractivity contribution in [2.24, 2.45) is 5.92 Å². The first-order valence-electron chi connectivity index (χ1n) is 7.19. The van der Waals surface area contributed by atoms with Gasteiger partial charge < -0.3 is 5.32 Å². The van der Waals surface area contributed by atoms with Gasteiger partial charge in [-0.3, -0.25) is 4.90 Å². The molecule has 0 amide bonds. The lowest BCUT2D eigenvalue weighted by Gasteiger charge is -2.46. The third-order valence-electron chi connectivity index (χ3n) is 4.50. The Morgan fingerprint density at radius 3 is 2.75 bits per heavy atom. The van der Waals surface area contributed by atoms with E-state index in [9.17, 15) is 0 Å². The van der Waals surface area contributed by atoms with Crippen molar-refractivity contribution in [2.45, 2.75) is 71.0 Å². The van der Waals surface area contributed by atoms with Gasteiger partial charge in [-0.15, -0.1) is 0 Å². The van der Waals surface area contributed by atoms with Gasteiger partial charge in [-0.05, 0) is 32.1 Å². The van der Waals surface area contributed by atoms with Crippen LogP contribution in [0.4, 0.5) is 0 Å². The van der Waals surface area contributed by atoms with Gasteiger partial charge in [-0.25, -0.2) is 0 Å². The average molecular weight is 224 g/mol. The highest BCUT2D eigenvalue weighted by Gasteiger charge is 2.32.